The van der Waals surface area contributed by atoms with Gasteiger partial charge in [-0.25, -0.2) is 0 Å². The van der Waals surface area contributed by atoms with E-state index in [4.69, 9.17) is 0 Å². The quantitative estimate of drug-likeness (QED) is 0.575. The van der Waals surface area contributed by atoms with Crippen LogP contribution in [0.5, 0.6) is 0 Å². The lowest BCUT2D eigenvalue weighted by Gasteiger charge is -2.34. The Kier molecular flexibility index (Phi) is 8.49. The van der Waals surface area contributed by atoms with E-state index in [-0.39, 0.29) is 17.4 Å². The molecule has 0 spiro atoms. The Labute approximate surface area is 178 Å². The molecule has 1 unspecified atom stereocenters. The molecule has 1 rings (SSSR count). The van der Waals surface area contributed by atoms with Crippen LogP contribution in [0, 0.1) is 16.7 Å². The maximum atomic E-state index is 12.4. The number of carbonyl (C=O) groups is 2. The molecule has 1 aromatic rings. The Hall–Kier alpha value is -1.84. The molecule has 164 valence electrons. The van der Waals surface area contributed by atoms with Crippen molar-refractivity contribution in [1.29, 1.82) is 0 Å². The summed E-state index contributed by atoms with van der Waals surface area (Å²) in [6, 6.07) is 6.83. The zero-order valence-corrected chi connectivity index (χ0v) is 20.0. The van der Waals surface area contributed by atoms with E-state index in [1.165, 1.54) is 6.42 Å². The highest BCUT2D eigenvalue weighted by Gasteiger charge is 2.27. The van der Waals surface area contributed by atoms with Gasteiger partial charge in [-0.3, -0.25) is 9.59 Å². The Morgan fingerprint density at radius 1 is 0.862 bits per heavy atom. The molecule has 0 bridgehead atoms. The van der Waals surface area contributed by atoms with E-state index in [0.717, 1.165) is 12.8 Å². The lowest BCUT2D eigenvalue weighted by molar-refractivity contribution is 0.0914. The summed E-state index contributed by atoms with van der Waals surface area (Å²) in [4.78, 5) is 24.6. The van der Waals surface area contributed by atoms with Gasteiger partial charge < -0.3 is 10.6 Å². The standard InChI is InChI=1S/C25H42N2O2/c1-18(16-25(8,9)17-23(2,3)4)14-15-26-21(28)19-10-12-20(13-11-19)22(29)27-24(5,6)7/h10-13,18H,14-17H2,1-9H3,(H,26,28)(H,27,29). The summed E-state index contributed by atoms with van der Waals surface area (Å²) in [5, 5.41) is 5.94. The van der Waals surface area contributed by atoms with Crippen LogP contribution in [-0.4, -0.2) is 23.9 Å². The number of amides is 2. The largest absolute Gasteiger partial charge is 0.352 e. The molecule has 2 N–H and O–H groups in total. The molecule has 2 amide bonds. The number of nitrogens with one attached hydrogen (secondary N) is 2. The molecule has 0 saturated heterocycles. The maximum absolute atomic E-state index is 12.4. The van der Waals surface area contributed by atoms with Crippen molar-refractivity contribution >= 4 is 11.8 Å². The smallest absolute Gasteiger partial charge is 0.251 e. The molecule has 1 atom stereocenters. The van der Waals surface area contributed by atoms with E-state index in [1.54, 1.807) is 24.3 Å². The van der Waals surface area contributed by atoms with E-state index in [9.17, 15) is 9.59 Å². The van der Waals surface area contributed by atoms with Crippen LogP contribution in [0.25, 0.3) is 0 Å². The van der Waals surface area contributed by atoms with Gasteiger partial charge in [0, 0.05) is 23.2 Å². The third-order valence-corrected chi connectivity index (χ3v) is 4.73. The molecule has 29 heavy (non-hydrogen) atoms. The highest BCUT2D eigenvalue weighted by molar-refractivity contribution is 5.98. The van der Waals surface area contributed by atoms with E-state index >= 15 is 0 Å². The monoisotopic (exact) mass is 402 g/mol. The Balaban J connectivity index is 2.49. The second kappa shape index (κ2) is 9.77. The van der Waals surface area contributed by atoms with E-state index < -0.39 is 0 Å². The Bertz CT molecular complexity index is 676. The topological polar surface area (TPSA) is 58.2 Å². The third kappa shape index (κ3) is 10.5. The summed E-state index contributed by atoms with van der Waals surface area (Å²) in [7, 11) is 0. The molecule has 0 saturated carbocycles. The minimum absolute atomic E-state index is 0.0890. The molecule has 0 heterocycles. The van der Waals surface area contributed by atoms with E-state index in [2.05, 4.69) is 52.2 Å². The van der Waals surface area contributed by atoms with Gasteiger partial charge >= 0.3 is 0 Å². The fraction of sp³-hybridized carbons (Fsp3) is 0.680. The predicted molar refractivity (Wildman–Crippen MR) is 122 cm³/mol. The van der Waals surface area contributed by atoms with Crippen LogP contribution in [0.1, 0.15) is 102 Å². The van der Waals surface area contributed by atoms with Gasteiger partial charge in [0.05, 0.1) is 0 Å². The first-order chi connectivity index (χ1) is 13.1. The number of hydrogen-bond acceptors (Lipinski definition) is 2. The van der Waals surface area contributed by atoms with Crippen LogP contribution >= 0.6 is 0 Å². The predicted octanol–water partition coefficient (Wildman–Crippen LogP) is 5.82. The lowest BCUT2D eigenvalue weighted by atomic mass is 9.72. The average Bonchev–Trinajstić information content (AvgIpc) is 2.50. The van der Waals surface area contributed by atoms with Crippen molar-refractivity contribution in [2.24, 2.45) is 16.7 Å². The van der Waals surface area contributed by atoms with Crippen LogP contribution in [0.3, 0.4) is 0 Å². The first kappa shape index (κ1) is 25.2. The summed E-state index contributed by atoms with van der Waals surface area (Å²) in [6.45, 7) is 20.3. The van der Waals surface area contributed by atoms with Gasteiger partial charge in [-0.15, -0.1) is 0 Å². The summed E-state index contributed by atoms with van der Waals surface area (Å²) in [5.74, 6) is 0.334. The van der Waals surface area contributed by atoms with Gasteiger partial charge in [-0.1, -0.05) is 41.5 Å². The summed E-state index contributed by atoms with van der Waals surface area (Å²) < 4.78 is 0. The van der Waals surface area contributed by atoms with Crippen LogP contribution in [0.4, 0.5) is 0 Å². The minimum Gasteiger partial charge on any atom is -0.352 e. The van der Waals surface area contributed by atoms with Crippen LogP contribution in [0.15, 0.2) is 24.3 Å². The van der Waals surface area contributed by atoms with Crippen molar-refractivity contribution < 1.29 is 9.59 Å². The SMILES string of the molecule is CC(CCNC(=O)c1ccc(C(=O)NC(C)(C)C)cc1)CC(C)(C)CC(C)(C)C. The highest BCUT2D eigenvalue weighted by atomic mass is 16.2. The maximum Gasteiger partial charge on any atom is 0.251 e. The van der Waals surface area contributed by atoms with Gasteiger partial charge in [-0.05, 0) is 81.0 Å². The molecule has 1 aromatic carbocycles. The normalized spacial score (nSPS) is 13.7. The molecule has 0 radical (unpaired) electrons. The number of benzene rings is 1. The molecule has 4 heteroatoms. The summed E-state index contributed by atoms with van der Waals surface area (Å²) in [5.41, 5.74) is 1.48. The number of rotatable bonds is 8. The van der Waals surface area contributed by atoms with Crippen LogP contribution in [-0.2, 0) is 0 Å². The molecule has 4 nitrogen and oxygen atoms in total. The second-order valence-electron chi connectivity index (χ2n) is 11.5. The summed E-state index contributed by atoms with van der Waals surface area (Å²) in [6.07, 6.45) is 3.30. The Morgan fingerprint density at radius 3 is 1.79 bits per heavy atom. The van der Waals surface area contributed by atoms with E-state index in [1.807, 2.05) is 20.8 Å². The van der Waals surface area contributed by atoms with Crippen molar-refractivity contribution in [1.82, 2.24) is 10.6 Å². The molecule has 0 aliphatic carbocycles. The fourth-order valence-electron chi connectivity index (χ4n) is 4.27. The van der Waals surface area contributed by atoms with E-state index in [0.29, 0.717) is 34.4 Å². The first-order valence-corrected chi connectivity index (χ1v) is 10.8. The molecule has 0 aromatic heterocycles. The molecule has 0 fully saturated rings. The lowest BCUT2D eigenvalue weighted by Crippen LogP contribution is -2.40. The van der Waals surface area contributed by atoms with Crippen LogP contribution < -0.4 is 10.6 Å². The van der Waals surface area contributed by atoms with Crippen molar-refractivity contribution in [3.8, 4) is 0 Å². The first-order valence-electron chi connectivity index (χ1n) is 10.8. The van der Waals surface area contributed by atoms with Gasteiger partial charge in [0.15, 0.2) is 0 Å². The zero-order chi connectivity index (χ0) is 22.5. The fourth-order valence-corrected chi connectivity index (χ4v) is 4.27. The van der Waals surface area contributed by atoms with Crippen molar-refractivity contribution in [3.63, 3.8) is 0 Å². The molecule has 0 aliphatic rings. The van der Waals surface area contributed by atoms with Crippen molar-refractivity contribution in [2.75, 3.05) is 6.54 Å². The minimum atomic E-state index is -0.286. The number of carbonyl (C=O) groups excluding carboxylic acids is 2. The summed E-state index contributed by atoms with van der Waals surface area (Å²) >= 11 is 0. The van der Waals surface area contributed by atoms with Gasteiger partial charge in [0.2, 0.25) is 0 Å². The third-order valence-electron chi connectivity index (χ3n) is 4.73. The van der Waals surface area contributed by atoms with Gasteiger partial charge in [-0.2, -0.15) is 0 Å². The molecular weight excluding hydrogens is 360 g/mol. The molecular formula is C25H42N2O2. The van der Waals surface area contributed by atoms with Gasteiger partial charge in [0.1, 0.15) is 0 Å². The van der Waals surface area contributed by atoms with Crippen molar-refractivity contribution in [2.45, 2.75) is 87.1 Å². The number of hydrogen-bond donors (Lipinski definition) is 2. The second-order valence-corrected chi connectivity index (χ2v) is 11.5. The van der Waals surface area contributed by atoms with Crippen molar-refractivity contribution in [3.05, 3.63) is 35.4 Å². The average molecular weight is 403 g/mol. The Morgan fingerprint density at radius 2 is 1.34 bits per heavy atom. The highest BCUT2D eigenvalue weighted by Crippen LogP contribution is 2.38. The van der Waals surface area contributed by atoms with Crippen LogP contribution in [0.2, 0.25) is 0 Å². The molecule has 0 aliphatic heterocycles. The van der Waals surface area contributed by atoms with Gasteiger partial charge in [0.25, 0.3) is 11.8 Å². The zero-order valence-electron chi connectivity index (χ0n) is 20.0.